The van der Waals surface area contributed by atoms with Crippen LogP contribution in [-0.4, -0.2) is 48.3 Å². The van der Waals surface area contributed by atoms with Crippen molar-refractivity contribution in [1.29, 1.82) is 0 Å². The molecule has 0 bridgehead atoms. The van der Waals surface area contributed by atoms with E-state index in [-0.39, 0.29) is 50.1 Å². The number of carbonyl (C=O) groups excluding carboxylic acids is 1. The van der Waals surface area contributed by atoms with E-state index in [0.717, 1.165) is 30.2 Å². The molecular weight excluding hydrogens is 498 g/mol. The van der Waals surface area contributed by atoms with Crippen molar-refractivity contribution in [1.82, 2.24) is 14.5 Å². The summed E-state index contributed by atoms with van der Waals surface area (Å²) in [5, 5.41) is 3.46. The molecule has 0 radical (unpaired) electrons. The monoisotopic (exact) mass is 527 g/mol. The minimum atomic E-state index is -4.66. The second kappa shape index (κ2) is 9.75. The Morgan fingerprint density at radius 3 is 2.33 bits per heavy atom. The first kappa shape index (κ1) is 26.6. The highest BCUT2D eigenvalue weighted by Gasteiger charge is 2.53. The van der Waals surface area contributed by atoms with E-state index in [9.17, 15) is 30.8 Å². The zero-order valence-electron chi connectivity index (χ0n) is 20.1. The molecule has 2 aromatic carbocycles. The minimum absolute atomic E-state index is 0.0337. The van der Waals surface area contributed by atoms with Crippen LogP contribution in [0.5, 0.6) is 0 Å². The fourth-order valence-electron chi connectivity index (χ4n) is 4.92. The van der Waals surface area contributed by atoms with Gasteiger partial charge in [-0.1, -0.05) is 38.5 Å². The van der Waals surface area contributed by atoms with E-state index >= 15 is 0 Å². The third-order valence-electron chi connectivity index (χ3n) is 7.29. The van der Waals surface area contributed by atoms with Crippen LogP contribution in [0.25, 0.3) is 0 Å². The fraction of sp³-hybridized carbons (Fsp3) is 0.480. The molecular formula is C25H29F4N3O3S. The first-order chi connectivity index (χ1) is 16.9. The molecule has 2 fully saturated rings. The van der Waals surface area contributed by atoms with Gasteiger partial charge < -0.3 is 4.90 Å². The van der Waals surface area contributed by atoms with Crippen molar-refractivity contribution in [2.24, 2.45) is 5.92 Å². The zero-order valence-corrected chi connectivity index (χ0v) is 20.9. The van der Waals surface area contributed by atoms with Crippen LogP contribution < -0.4 is 5.32 Å². The molecule has 36 heavy (non-hydrogen) atoms. The Bertz CT molecular complexity index is 1210. The number of nitrogens with zero attached hydrogens (tertiary/aromatic N) is 2. The van der Waals surface area contributed by atoms with E-state index in [1.807, 2.05) is 13.8 Å². The normalized spacial score (nSPS) is 21.8. The molecule has 2 atom stereocenters. The number of carbonyl (C=O) groups is 1. The smallest absolute Gasteiger partial charge is 0.319 e. The maximum atomic E-state index is 13.4. The summed E-state index contributed by atoms with van der Waals surface area (Å²) in [5.41, 5.74) is -1.09. The first-order valence-corrected chi connectivity index (χ1v) is 13.3. The van der Waals surface area contributed by atoms with E-state index in [1.165, 1.54) is 16.4 Å². The van der Waals surface area contributed by atoms with E-state index < -0.39 is 38.4 Å². The van der Waals surface area contributed by atoms with Crippen molar-refractivity contribution in [3.05, 3.63) is 65.5 Å². The molecule has 0 unspecified atom stereocenters. The number of nitrogens with one attached hydrogen (secondary N) is 1. The van der Waals surface area contributed by atoms with Crippen molar-refractivity contribution < 1.29 is 30.8 Å². The molecule has 1 amide bonds. The van der Waals surface area contributed by atoms with Crippen LogP contribution in [0.1, 0.15) is 44.2 Å². The maximum absolute atomic E-state index is 13.4. The van der Waals surface area contributed by atoms with Crippen molar-refractivity contribution in [2.75, 3.05) is 13.1 Å². The van der Waals surface area contributed by atoms with Crippen LogP contribution in [0, 0.1) is 11.7 Å². The molecule has 6 nitrogen and oxygen atoms in total. The highest BCUT2D eigenvalue weighted by molar-refractivity contribution is 7.89. The van der Waals surface area contributed by atoms with E-state index in [4.69, 9.17) is 0 Å². The molecule has 4 rings (SSSR count). The summed E-state index contributed by atoms with van der Waals surface area (Å²) >= 11 is 0. The Morgan fingerprint density at radius 1 is 1.11 bits per heavy atom. The molecule has 2 aliphatic heterocycles. The topological polar surface area (TPSA) is 69.7 Å². The molecule has 1 N–H and O–H groups in total. The molecule has 1 spiro atoms. The lowest BCUT2D eigenvalue weighted by atomic mass is 9.96. The van der Waals surface area contributed by atoms with Crippen LogP contribution in [0.4, 0.5) is 17.6 Å². The van der Waals surface area contributed by atoms with E-state index in [0.29, 0.717) is 6.07 Å². The highest BCUT2D eigenvalue weighted by Crippen LogP contribution is 2.38. The van der Waals surface area contributed by atoms with Gasteiger partial charge in [-0.05, 0) is 54.7 Å². The van der Waals surface area contributed by atoms with Gasteiger partial charge in [0.1, 0.15) is 5.82 Å². The molecule has 0 aromatic heterocycles. The standard InChI is InChI=1S/C25H29F4N3O3S/c1-3-17(2)22-23(33)32(16-18-7-9-20(26)10-8-18)24(30-22)11-13-31(14-12-24)36(34,35)21-6-4-5-19(15-21)25(27,28)29/h4-10,15,17,22,30H,3,11-14,16H2,1-2H3/t17-,22-/m1/s1. The molecule has 196 valence electrons. The van der Waals surface area contributed by atoms with Crippen LogP contribution >= 0.6 is 0 Å². The lowest BCUT2D eigenvalue weighted by Gasteiger charge is -2.44. The van der Waals surface area contributed by atoms with Gasteiger partial charge in [0, 0.05) is 19.6 Å². The fourth-order valence-corrected chi connectivity index (χ4v) is 6.41. The van der Waals surface area contributed by atoms with Gasteiger partial charge in [-0.2, -0.15) is 17.5 Å². The van der Waals surface area contributed by atoms with Gasteiger partial charge >= 0.3 is 6.18 Å². The third-order valence-corrected chi connectivity index (χ3v) is 9.18. The quantitative estimate of drug-likeness (QED) is 0.567. The first-order valence-electron chi connectivity index (χ1n) is 11.9. The Hall–Kier alpha value is -2.50. The van der Waals surface area contributed by atoms with Gasteiger partial charge in [0.2, 0.25) is 15.9 Å². The second-order valence-corrected chi connectivity index (χ2v) is 11.5. The SMILES string of the molecule is CC[C@@H](C)[C@H]1NC2(CCN(S(=O)(=O)c3cccc(C(F)(F)F)c3)CC2)N(Cc2ccc(F)cc2)C1=O. The lowest BCUT2D eigenvalue weighted by Crippen LogP contribution is -2.59. The number of alkyl halides is 3. The molecule has 0 aliphatic carbocycles. The average molecular weight is 528 g/mol. The van der Waals surface area contributed by atoms with Crippen molar-refractivity contribution in [3.8, 4) is 0 Å². The van der Waals surface area contributed by atoms with Crippen LogP contribution in [-0.2, 0) is 27.5 Å². The van der Waals surface area contributed by atoms with E-state index in [2.05, 4.69) is 5.32 Å². The summed E-state index contributed by atoms with van der Waals surface area (Å²) in [6, 6.07) is 9.16. The van der Waals surface area contributed by atoms with Gasteiger partial charge in [-0.3, -0.25) is 10.1 Å². The van der Waals surface area contributed by atoms with Crippen LogP contribution in [0.15, 0.2) is 53.4 Å². The largest absolute Gasteiger partial charge is 0.416 e. The number of amides is 1. The Labute approximate surface area is 208 Å². The number of sulfonamides is 1. The van der Waals surface area contributed by atoms with Crippen LogP contribution in [0.3, 0.4) is 0 Å². The maximum Gasteiger partial charge on any atom is 0.416 e. The third kappa shape index (κ3) is 5.01. The lowest BCUT2D eigenvalue weighted by molar-refractivity contribution is -0.137. The van der Waals surface area contributed by atoms with Crippen molar-refractivity contribution in [2.45, 2.75) is 62.4 Å². The number of halogens is 4. The summed E-state index contributed by atoms with van der Waals surface area (Å²) in [5.74, 6) is -0.438. The molecule has 2 aliphatic rings. The summed E-state index contributed by atoms with van der Waals surface area (Å²) in [7, 11) is -4.16. The number of hydrogen-bond donors (Lipinski definition) is 1. The van der Waals surface area contributed by atoms with E-state index in [1.54, 1.807) is 17.0 Å². The molecule has 0 saturated carbocycles. The summed E-state index contributed by atoms with van der Waals surface area (Å²) in [6.07, 6.45) is -3.35. The summed E-state index contributed by atoms with van der Waals surface area (Å²) in [6.45, 7) is 4.26. The molecule has 11 heteroatoms. The summed E-state index contributed by atoms with van der Waals surface area (Å²) < 4.78 is 80.3. The van der Waals surface area contributed by atoms with Crippen molar-refractivity contribution >= 4 is 15.9 Å². The van der Waals surface area contributed by atoms with Gasteiger partial charge in [0.05, 0.1) is 22.2 Å². The van der Waals surface area contributed by atoms with Crippen molar-refractivity contribution in [3.63, 3.8) is 0 Å². The second-order valence-electron chi connectivity index (χ2n) is 9.52. The number of piperidine rings is 1. The highest BCUT2D eigenvalue weighted by atomic mass is 32.2. The predicted octanol–water partition coefficient (Wildman–Crippen LogP) is 4.37. The van der Waals surface area contributed by atoms with Gasteiger partial charge in [0.15, 0.2) is 0 Å². The van der Waals surface area contributed by atoms with Gasteiger partial charge in [-0.15, -0.1) is 0 Å². The number of benzene rings is 2. The zero-order chi connectivity index (χ0) is 26.3. The Kier molecular flexibility index (Phi) is 7.20. The Morgan fingerprint density at radius 2 is 1.75 bits per heavy atom. The average Bonchev–Trinajstić information content (AvgIpc) is 3.11. The summed E-state index contributed by atoms with van der Waals surface area (Å²) in [4.78, 5) is 14.7. The van der Waals surface area contributed by atoms with Gasteiger partial charge in [-0.25, -0.2) is 12.8 Å². The molecule has 2 aromatic rings. The minimum Gasteiger partial charge on any atom is -0.319 e. The van der Waals surface area contributed by atoms with Gasteiger partial charge in [0.25, 0.3) is 0 Å². The predicted molar refractivity (Wildman–Crippen MR) is 125 cm³/mol. The number of rotatable bonds is 6. The molecule has 2 saturated heterocycles. The molecule has 2 heterocycles. The van der Waals surface area contributed by atoms with Crippen LogP contribution in [0.2, 0.25) is 0 Å². The number of hydrogen-bond acceptors (Lipinski definition) is 4. The Balaban J connectivity index is 1.58.